The Bertz CT molecular complexity index is 798. The highest BCUT2D eigenvalue weighted by Crippen LogP contribution is 2.42. The molecule has 2 aromatic rings. The van der Waals surface area contributed by atoms with Crippen molar-refractivity contribution in [1.29, 1.82) is 5.26 Å². The van der Waals surface area contributed by atoms with Gasteiger partial charge in [-0.15, -0.1) is 0 Å². The van der Waals surface area contributed by atoms with Crippen molar-refractivity contribution >= 4 is 32.8 Å². The van der Waals surface area contributed by atoms with E-state index in [0.717, 1.165) is 10.1 Å². The molecule has 4 nitrogen and oxygen atoms in total. The minimum Gasteiger partial charge on any atom is -0.465 e. The number of nitrogens with zero attached hydrogens (tertiary/aromatic N) is 2. The first kappa shape index (κ1) is 17.0. The second-order valence-electron chi connectivity index (χ2n) is 6.32. The number of nitriles is 1. The molecule has 5 heteroatoms. The van der Waals surface area contributed by atoms with Crippen LogP contribution in [0.5, 0.6) is 0 Å². The van der Waals surface area contributed by atoms with Crippen molar-refractivity contribution < 1.29 is 9.53 Å². The van der Waals surface area contributed by atoms with E-state index in [2.05, 4.69) is 26.6 Å². The average molecular weight is 389 g/mol. The zero-order chi connectivity index (χ0) is 17.1. The maximum atomic E-state index is 11.9. The third-order valence-corrected chi connectivity index (χ3v) is 5.77. The first-order valence-corrected chi connectivity index (χ1v) is 9.23. The van der Waals surface area contributed by atoms with Crippen molar-refractivity contribution in [1.82, 2.24) is 4.57 Å². The van der Waals surface area contributed by atoms with Crippen LogP contribution in [0.1, 0.15) is 60.4 Å². The Morgan fingerprint density at radius 2 is 2.12 bits per heavy atom. The summed E-state index contributed by atoms with van der Waals surface area (Å²) in [5, 5.41) is 10.2. The van der Waals surface area contributed by atoms with E-state index in [9.17, 15) is 4.79 Å². The molecule has 1 aromatic carbocycles. The van der Waals surface area contributed by atoms with Crippen LogP contribution in [0.4, 0.5) is 0 Å². The van der Waals surface area contributed by atoms with Crippen molar-refractivity contribution in [3.05, 3.63) is 33.9 Å². The van der Waals surface area contributed by atoms with Gasteiger partial charge in [0.1, 0.15) is 0 Å². The molecule has 1 aliphatic rings. The molecular weight excluding hydrogens is 368 g/mol. The van der Waals surface area contributed by atoms with E-state index in [0.29, 0.717) is 24.4 Å². The van der Waals surface area contributed by atoms with Crippen LogP contribution < -0.4 is 0 Å². The topological polar surface area (TPSA) is 55.0 Å². The number of esters is 1. The highest BCUT2D eigenvalue weighted by molar-refractivity contribution is 9.10. The van der Waals surface area contributed by atoms with Crippen LogP contribution in [0.25, 0.3) is 10.9 Å². The van der Waals surface area contributed by atoms with Crippen molar-refractivity contribution in [2.75, 3.05) is 7.11 Å². The van der Waals surface area contributed by atoms with Crippen LogP contribution in [-0.4, -0.2) is 17.6 Å². The first-order valence-electron chi connectivity index (χ1n) is 8.44. The van der Waals surface area contributed by atoms with Gasteiger partial charge in [0.2, 0.25) is 0 Å². The number of hydrogen-bond acceptors (Lipinski definition) is 3. The van der Waals surface area contributed by atoms with Gasteiger partial charge in [0, 0.05) is 11.9 Å². The van der Waals surface area contributed by atoms with E-state index < -0.39 is 0 Å². The lowest BCUT2D eigenvalue weighted by Gasteiger charge is -2.22. The minimum atomic E-state index is -0.333. The molecule has 1 fully saturated rings. The number of aromatic nitrogens is 1. The van der Waals surface area contributed by atoms with E-state index in [1.165, 1.54) is 50.2 Å². The summed E-state index contributed by atoms with van der Waals surface area (Å²) in [6, 6.07) is 7.96. The number of hydrogen-bond donors (Lipinski definition) is 0. The quantitative estimate of drug-likeness (QED) is 0.680. The number of ether oxygens (including phenoxy) is 1. The molecule has 0 radical (unpaired) electrons. The predicted molar refractivity (Wildman–Crippen MR) is 97.0 cm³/mol. The number of aryl methyl sites for hydroxylation is 1. The Morgan fingerprint density at radius 3 is 2.79 bits per heavy atom. The molecule has 1 aliphatic carbocycles. The van der Waals surface area contributed by atoms with Gasteiger partial charge in [-0.25, -0.2) is 4.79 Å². The van der Waals surface area contributed by atoms with Gasteiger partial charge in [0.25, 0.3) is 0 Å². The SMILES string of the molecule is COC(=O)c1ccc2c(C3CCCCC3)c(Br)n(CCC#N)c2c1. The Hall–Kier alpha value is -1.80. The number of rotatable bonds is 4. The number of methoxy groups -OCH3 is 1. The number of carbonyl (C=O) groups excluding carboxylic acids is 1. The molecule has 3 rings (SSSR count). The number of halogens is 1. The van der Waals surface area contributed by atoms with E-state index in [-0.39, 0.29) is 5.97 Å². The highest BCUT2D eigenvalue weighted by Gasteiger charge is 2.25. The summed E-state index contributed by atoms with van der Waals surface area (Å²) < 4.78 is 8.02. The van der Waals surface area contributed by atoms with Crippen molar-refractivity contribution in [2.24, 2.45) is 0 Å². The number of fused-ring (bicyclic) bond motifs is 1. The van der Waals surface area contributed by atoms with Crippen molar-refractivity contribution in [3.63, 3.8) is 0 Å². The zero-order valence-electron chi connectivity index (χ0n) is 13.8. The van der Waals surface area contributed by atoms with Crippen LogP contribution in [0.15, 0.2) is 22.8 Å². The van der Waals surface area contributed by atoms with Gasteiger partial charge in [-0.05, 0) is 52.4 Å². The molecule has 0 saturated heterocycles. The van der Waals surface area contributed by atoms with Crippen LogP contribution >= 0.6 is 15.9 Å². The van der Waals surface area contributed by atoms with Crippen LogP contribution in [0.2, 0.25) is 0 Å². The van der Waals surface area contributed by atoms with Gasteiger partial charge in [-0.3, -0.25) is 0 Å². The largest absolute Gasteiger partial charge is 0.465 e. The Kier molecular flexibility index (Phi) is 5.25. The third kappa shape index (κ3) is 3.08. The van der Waals surface area contributed by atoms with E-state index in [4.69, 9.17) is 10.00 Å². The molecule has 0 N–H and O–H groups in total. The zero-order valence-corrected chi connectivity index (χ0v) is 15.4. The van der Waals surface area contributed by atoms with Gasteiger partial charge < -0.3 is 9.30 Å². The molecule has 0 amide bonds. The second-order valence-corrected chi connectivity index (χ2v) is 7.07. The molecule has 1 aromatic heterocycles. The molecule has 0 unspecified atom stereocenters. The first-order chi connectivity index (χ1) is 11.7. The molecule has 0 bridgehead atoms. The minimum absolute atomic E-state index is 0.333. The van der Waals surface area contributed by atoms with E-state index in [1.807, 2.05) is 18.2 Å². The maximum Gasteiger partial charge on any atom is 0.337 e. The second kappa shape index (κ2) is 7.40. The number of carbonyl (C=O) groups is 1. The summed E-state index contributed by atoms with van der Waals surface area (Å²) in [7, 11) is 1.39. The molecule has 0 atom stereocenters. The Balaban J connectivity index is 2.15. The molecule has 1 saturated carbocycles. The molecule has 24 heavy (non-hydrogen) atoms. The predicted octanol–water partition coefficient (Wildman–Crippen LogP) is 5.15. The van der Waals surface area contributed by atoms with E-state index >= 15 is 0 Å². The summed E-state index contributed by atoms with van der Waals surface area (Å²) in [4.78, 5) is 11.9. The summed E-state index contributed by atoms with van der Waals surface area (Å²) in [6.45, 7) is 0.616. The fourth-order valence-electron chi connectivity index (χ4n) is 3.75. The Morgan fingerprint density at radius 1 is 1.38 bits per heavy atom. The number of benzene rings is 1. The lowest BCUT2D eigenvalue weighted by molar-refractivity contribution is 0.0601. The summed E-state index contributed by atoms with van der Waals surface area (Å²) in [6.07, 6.45) is 6.69. The smallest absolute Gasteiger partial charge is 0.337 e. The lowest BCUT2D eigenvalue weighted by atomic mass is 9.84. The lowest BCUT2D eigenvalue weighted by Crippen LogP contribution is -2.05. The summed E-state index contributed by atoms with van der Waals surface area (Å²) >= 11 is 3.78. The third-order valence-electron chi connectivity index (χ3n) is 4.92. The molecular formula is C19H21BrN2O2. The molecule has 1 heterocycles. The summed E-state index contributed by atoms with van der Waals surface area (Å²) in [5.41, 5.74) is 2.88. The fraction of sp³-hybridized carbons (Fsp3) is 0.474. The van der Waals surface area contributed by atoms with Crippen molar-refractivity contribution in [3.8, 4) is 6.07 Å². The van der Waals surface area contributed by atoms with Gasteiger partial charge in [-0.1, -0.05) is 25.3 Å². The van der Waals surface area contributed by atoms with E-state index in [1.54, 1.807) is 0 Å². The normalized spacial score (nSPS) is 15.4. The average Bonchev–Trinajstić information content (AvgIpc) is 2.90. The van der Waals surface area contributed by atoms with Gasteiger partial charge in [0.15, 0.2) is 0 Å². The van der Waals surface area contributed by atoms with Gasteiger partial charge >= 0.3 is 5.97 Å². The highest BCUT2D eigenvalue weighted by atomic mass is 79.9. The Labute approximate surface area is 150 Å². The van der Waals surface area contributed by atoms with Gasteiger partial charge in [-0.2, -0.15) is 5.26 Å². The van der Waals surface area contributed by atoms with Gasteiger partial charge in [0.05, 0.1) is 35.3 Å². The standard InChI is InChI=1S/C19H21BrN2O2/c1-24-19(23)14-8-9-15-16(12-14)22(11-5-10-21)18(20)17(15)13-6-3-2-4-7-13/h8-9,12-13H,2-7,11H2,1H3. The molecule has 0 spiro atoms. The van der Waals surface area contributed by atoms with Crippen LogP contribution in [-0.2, 0) is 11.3 Å². The van der Waals surface area contributed by atoms with Crippen LogP contribution in [0.3, 0.4) is 0 Å². The maximum absolute atomic E-state index is 11.9. The van der Waals surface area contributed by atoms with Crippen molar-refractivity contribution in [2.45, 2.75) is 51.0 Å². The monoisotopic (exact) mass is 388 g/mol. The van der Waals surface area contributed by atoms with Crippen LogP contribution in [0, 0.1) is 11.3 Å². The molecule has 0 aliphatic heterocycles. The summed E-state index contributed by atoms with van der Waals surface area (Å²) in [5.74, 6) is 0.211. The fourth-order valence-corrected chi connectivity index (χ4v) is 4.66. The molecule has 126 valence electrons.